The van der Waals surface area contributed by atoms with Crippen molar-refractivity contribution in [2.24, 2.45) is 30.7 Å². The van der Waals surface area contributed by atoms with Crippen LogP contribution in [0.5, 0.6) is 0 Å². The highest BCUT2D eigenvalue weighted by molar-refractivity contribution is 7.57. The van der Waals surface area contributed by atoms with Crippen LogP contribution in [0.3, 0.4) is 0 Å². The SMILES string of the molecule is CNC(=O)[C@@H](CC(=O)[C@H](COC(c1ccccc1)(c1ccccc1)c1ccccc1)NC(=O)[C@@H](CC(=O)[C@H](CC(C)C)NC(=O)C1CCCC1)Cc1cn(C)cn1)[C@@H](C)OP(=O)(O)O[P+](C)=O. The van der Waals surface area contributed by atoms with Gasteiger partial charge in [-0.2, -0.15) is 0 Å². The Morgan fingerprint density at radius 3 is 1.85 bits per heavy atom. The van der Waals surface area contributed by atoms with E-state index in [4.69, 9.17) is 9.26 Å². The number of aryl methyl sites for hydroxylation is 1. The first-order valence-electron chi connectivity index (χ1n) is 22.7. The number of ketones is 2. The lowest BCUT2D eigenvalue weighted by Crippen LogP contribution is -2.51. The van der Waals surface area contributed by atoms with Crippen LogP contribution in [0.15, 0.2) is 104 Å². The largest absolute Gasteiger partial charge is 0.515 e. The van der Waals surface area contributed by atoms with Crippen molar-refractivity contribution in [2.75, 3.05) is 20.3 Å². The zero-order chi connectivity index (χ0) is 48.7. The number of hydrogen-bond acceptors (Lipinski definition) is 11. The summed E-state index contributed by atoms with van der Waals surface area (Å²) in [6.07, 6.45) is 4.66. The second kappa shape index (κ2) is 24.7. The van der Waals surface area contributed by atoms with Gasteiger partial charge in [0.2, 0.25) is 17.7 Å². The number of carbonyl (C=O) groups is 5. The molecule has 4 aromatic rings. The average molecular weight is 961 g/mol. The summed E-state index contributed by atoms with van der Waals surface area (Å²) in [5, 5.41) is 8.35. The highest BCUT2D eigenvalue weighted by atomic mass is 31.2. The molecule has 1 fully saturated rings. The molecule has 1 heterocycles. The summed E-state index contributed by atoms with van der Waals surface area (Å²) >= 11 is 0. The molecule has 2 unspecified atom stereocenters. The maximum Gasteiger partial charge on any atom is 0.515 e. The standard InChI is InChI=1S/C49H63N5O11P2/c1-33(2)26-42(52-46(57)35-18-16-17-19-35)44(55)28-36(27-40-30-54(5)32-51-40)47(58)53-43(45(56)29-41(48(59)50-4)34(3)64-67(61,62)65-66(6)60)31-63-49(37-20-10-7-11-21-37,38-22-12-8-13-23-38)39-24-14-9-15-25-39/h7-15,20-25,30,32-36,41-43H,16-19,26-29,31H2,1-6H3,(H3-,50,52,53,57,58,59,61,62)/p+1/t34-,36-,41+,42+,43+/m1/s1. The third kappa shape index (κ3) is 14.9. The third-order valence-corrected chi connectivity index (χ3v) is 14.3. The van der Waals surface area contributed by atoms with Crippen LogP contribution in [0.2, 0.25) is 0 Å². The van der Waals surface area contributed by atoms with Gasteiger partial charge in [0.1, 0.15) is 11.6 Å². The minimum atomic E-state index is -4.96. The lowest BCUT2D eigenvalue weighted by atomic mass is 9.80. The number of phosphoric acid groups is 1. The number of ether oxygens (including phenoxy) is 1. The van der Waals surface area contributed by atoms with E-state index in [2.05, 4.69) is 25.2 Å². The quantitative estimate of drug-likeness (QED) is 0.0370. The summed E-state index contributed by atoms with van der Waals surface area (Å²) in [5.74, 6) is -5.29. The molecular formula is C49H64N5O11P2+. The lowest BCUT2D eigenvalue weighted by Gasteiger charge is -2.37. The number of aromatic nitrogens is 2. The maximum absolute atomic E-state index is 14.9. The zero-order valence-corrected chi connectivity index (χ0v) is 40.8. The fourth-order valence-electron chi connectivity index (χ4n) is 8.63. The number of phosphoric ester groups is 1. The topological polar surface area (TPSA) is 221 Å². The predicted molar refractivity (Wildman–Crippen MR) is 253 cm³/mol. The number of amides is 3. The number of hydrogen-bond donors (Lipinski definition) is 4. The van der Waals surface area contributed by atoms with Gasteiger partial charge < -0.3 is 30.1 Å². The molecule has 4 N–H and O–H groups in total. The summed E-state index contributed by atoms with van der Waals surface area (Å²) in [7, 11) is -4.45. The molecule has 0 radical (unpaired) electrons. The highest BCUT2D eigenvalue weighted by Crippen LogP contribution is 2.52. The molecular weight excluding hydrogens is 897 g/mol. The van der Waals surface area contributed by atoms with E-state index in [0.717, 1.165) is 32.3 Å². The fourth-order valence-corrected chi connectivity index (χ4v) is 10.5. The molecule has 3 aromatic carbocycles. The molecule has 0 saturated heterocycles. The fraction of sp³-hybridized carbons (Fsp3) is 0.469. The minimum Gasteiger partial charge on any atom is -0.359 e. The summed E-state index contributed by atoms with van der Waals surface area (Å²) in [6, 6.07) is 25.8. The van der Waals surface area contributed by atoms with Crippen LogP contribution in [-0.2, 0) is 65.7 Å². The molecule has 18 heteroatoms. The van der Waals surface area contributed by atoms with Crippen molar-refractivity contribution in [3.8, 4) is 0 Å². The summed E-state index contributed by atoms with van der Waals surface area (Å²) in [4.78, 5) is 85.7. The van der Waals surface area contributed by atoms with E-state index in [1.54, 1.807) is 24.1 Å². The molecule has 1 saturated carbocycles. The van der Waals surface area contributed by atoms with E-state index in [9.17, 15) is 38.0 Å². The highest BCUT2D eigenvalue weighted by Gasteiger charge is 2.43. The Kier molecular flexibility index (Phi) is 19.5. The Bertz CT molecular complexity index is 2250. The van der Waals surface area contributed by atoms with Crippen LogP contribution in [0, 0.1) is 23.7 Å². The first-order valence-corrected chi connectivity index (χ1v) is 25.8. The van der Waals surface area contributed by atoms with E-state index in [1.165, 1.54) is 14.0 Å². The first-order chi connectivity index (χ1) is 31.9. The van der Waals surface area contributed by atoms with Gasteiger partial charge in [0.05, 0.1) is 42.6 Å². The van der Waals surface area contributed by atoms with Crippen molar-refractivity contribution >= 4 is 45.1 Å². The van der Waals surface area contributed by atoms with Gasteiger partial charge in [0.25, 0.3) is 0 Å². The number of carbonyl (C=O) groups excluding carboxylic acids is 5. The van der Waals surface area contributed by atoms with Gasteiger partial charge >= 0.3 is 15.9 Å². The maximum atomic E-state index is 14.9. The average Bonchev–Trinajstić information content (AvgIpc) is 4.00. The van der Waals surface area contributed by atoms with Gasteiger partial charge in [0.15, 0.2) is 18.2 Å². The second-order valence-corrected chi connectivity index (χ2v) is 20.3. The molecule has 1 aliphatic rings. The van der Waals surface area contributed by atoms with Crippen molar-refractivity contribution in [3.63, 3.8) is 0 Å². The number of nitrogens with zero attached hydrogens (tertiary/aromatic N) is 2. The van der Waals surface area contributed by atoms with Crippen LogP contribution in [0.25, 0.3) is 0 Å². The Hall–Kier alpha value is -5.21. The van der Waals surface area contributed by atoms with Gasteiger partial charge in [-0.3, -0.25) is 28.5 Å². The van der Waals surface area contributed by atoms with Gasteiger partial charge in [-0.1, -0.05) is 118 Å². The van der Waals surface area contributed by atoms with Crippen LogP contribution in [-0.4, -0.2) is 82.2 Å². The normalized spacial score (nSPS) is 16.5. The van der Waals surface area contributed by atoms with E-state index < -0.39 is 82.1 Å². The smallest absolute Gasteiger partial charge is 0.359 e. The molecule has 0 bridgehead atoms. The molecule has 3 amide bonds. The van der Waals surface area contributed by atoms with Crippen molar-refractivity contribution < 1.29 is 51.6 Å². The summed E-state index contributed by atoms with van der Waals surface area (Å²) in [6.45, 7) is 5.79. The second-order valence-electron chi connectivity index (χ2n) is 17.6. The van der Waals surface area contributed by atoms with Crippen molar-refractivity contribution in [1.82, 2.24) is 25.5 Å². The number of nitrogens with one attached hydrogen (secondary N) is 3. The van der Waals surface area contributed by atoms with E-state index in [0.29, 0.717) is 28.8 Å². The van der Waals surface area contributed by atoms with Gasteiger partial charge in [-0.05, 0) is 57.7 Å². The Labute approximate surface area is 393 Å². The Balaban J connectivity index is 1.56. The van der Waals surface area contributed by atoms with Crippen LogP contribution in [0.1, 0.15) is 88.1 Å². The number of rotatable bonds is 26. The third-order valence-electron chi connectivity index (χ3n) is 12.0. The minimum absolute atomic E-state index is 0.00431. The van der Waals surface area contributed by atoms with E-state index in [-0.39, 0.29) is 36.4 Å². The van der Waals surface area contributed by atoms with E-state index >= 15 is 0 Å². The van der Waals surface area contributed by atoms with Crippen molar-refractivity contribution in [3.05, 3.63) is 126 Å². The zero-order valence-electron chi connectivity index (χ0n) is 39.0. The number of benzene rings is 3. The van der Waals surface area contributed by atoms with Crippen LogP contribution >= 0.6 is 15.9 Å². The molecule has 67 heavy (non-hydrogen) atoms. The van der Waals surface area contributed by atoms with E-state index in [1.807, 2.05) is 105 Å². The van der Waals surface area contributed by atoms with Gasteiger partial charge in [-0.15, -0.1) is 0 Å². The van der Waals surface area contributed by atoms with Crippen molar-refractivity contribution in [1.29, 1.82) is 0 Å². The first kappa shape index (κ1) is 52.8. The Morgan fingerprint density at radius 2 is 1.37 bits per heavy atom. The summed E-state index contributed by atoms with van der Waals surface area (Å²) < 4.78 is 43.1. The monoisotopic (exact) mass is 960 g/mol. The van der Waals surface area contributed by atoms with Crippen LogP contribution < -0.4 is 16.0 Å². The summed E-state index contributed by atoms with van der Waals surface area (Å²) in [5.41, 5.74) is 1.27. The van der Waals surface area contributed by atoms with Crippen LogP contribution in [0.4, 0.5) is 0 Å². The molecule has 0 spiro atoms. The predicted octanol–water partition coefficient (Wildman–Crippen LogP) is 6.97. The molecule has 1 aliphatic carbocycles. The number of Topliss-reactive ketones (excluding diaryl/α,β-unsaturated/α-hetero) is 2. The van der Waals surface area contributed by atoms with Gasteiger partial charge in [0, 0.05) is 45.5 Å². The molecule has 1 aromatic heterocycles. The van der Waals surface area contributed by atoms with Gasteiger partial charge in [-0.25, -0.2) is 9.55 Å². The molecule has 7 atom stereocenters. The molecule has 5 rings (SSSR count). The molecule has 16 nitrogen and oxygen atoms in total. The molecule has 0 aliphatic heterocycles. The molecule has 360 valence electrons. The number of imidazole rings is 1. The lowest BCUT2D eigenvalue weighted by molar-refractivity contribution is -0.137. The Morgan fingerprint density at radius 1 is 0.836 bits per heavy atom. The van der Waals surface area contributed by atoms with Crippen molar-refractivity contribution in [2.45, 2.75) is 95.9 Å².